The molecular formula is C17H19BrFNO. The summed E-state index contributed by atoms with van der Waals surface area (Å²) in [6, 6.07) is 10.7. The van der Waals surface area contributed by atoms with Crippen LogP contribution >= 0.6 is 15.9 Å². The average Bonchev–Trinajstić information content (AvgIpc) is 2.47. The molecule has 0 aliphatic heterocycles. The van der Waals surface area contributed by atoms with E-state index >= 15 is 0 Å². The topological polar surface area (TPSA) is 21.3 Å². The summed E-state index contributed by atoms with van der Waals surface area (Å²) in [6.07, 6.45) is 0. The predicted molar refractivity (Wildman–Crippen MR) is 87.4 cm³/mol. The first-order valence-electron chi connectivity index (χ1n) is 6.89. The normalized spacial score (nSPS) is 12.2. The van der Waals surface area contributed by atoms with E-state index in [1.807, 2.05) is 38.1 Å². The van der Waals surface area contributed by atoms with Crippen molar-refractivity contribution < 1.29 is 9.13 Å². The second kappa shape index (κ2) is 7.05. The lowest BCUT2D eigenvalue weighted by molar-refractivity contribution is 0.403. The van der Waals surface area contributed by atoms with Crippen LogP contribution in [0, 0.1) is 12.7 Å². The Bertz CT molecular complexity index is 630. The molecule has 1 unspecified atom stereocenters. The van der Waals surface area contributed by atoms with Crippen molar-refractivity contribution in [2.24, 2.45) is 0 Å². The van der Waals surface area contributed by atoms with Crippen LogP contribution in [0.3, 0.4) is 0 Å². The molecule has 0 aliphatic carbocycles. The summed E-state index contributed by atoms with van der Waals surface area (Å²) in [5, 5.41) is 3.34. The van der Waals surface area contributed by atoms with Crippen LogP contribution in [0.5, 0.6) is 5.75 Å². The highest BCUT2D eigenvalue weighted by atomic mass is 79.9. The van der Waals surface area contributed by atoms with Gasteiger partial charge in [-0.3, -0.25) is 0 Å². The Labute approximate surface area is 133 Å². The van der Waals surface area contributed by atoms with Crippen LogP contribution in [0.4, 0.5) is 4.39 Å². The third kappa shape index (κ3) is 3.63. The largest absolute Gasteiger partial charge is 0.496 e. The van der Waals surface area contributed by atoms with Crippen molar-refractivity contribution in [1.82, 2.24) is 5.32 Å². The van der Waals surface area contributed by atoms with Crippen molar-refractivity contribution in [2.75, 3.05) is 13.7 Å². The van der Waals surface area contributed by atoms with E-state index in [0.717, 1.165) is 27.9 Å². The van der Waals surface area contributed by atoms with Crippen molar-refractivity contribution in [3.8, 4) is 5.75 Å². The van der Waals surface area contributed by atoms with Gasteiger partial charge in [0.05, 0.1) is 13.2 Å². The average molecular weight is 352 g/mol. The van der Waals surface area contributed by atoms with E-state index in [1.54, 1.807) is 13.2 Å². The molecule has 2 nitrogen and oxygen atoms in total. The van der Waals surface area contributed by atoms with Crippen LogP contribution in [0.15, 0.2) is 40.9 Å². The van der Waals surface area contributed by atoms with E-state index in [0.29, 0.717) is 5.56 Å². The fraction of sp³-hybridized carbons (Fsp3) is 0.294. The number of halogens is 2. The van der Waals surface area contributed by atoms with Gasteiger partial charge in [-0.25, -0.2) is 4.39 Å². The molecule has 0 spiro atoms. The molecule has 2 aromatic carbocycles. The van der Waals surface area contributed by atoms with Gasteiger partial charge in [0.2, 0.25) is 0 Å². The van der Waals surface area contributed by atoms with Gasteiger partial charge in [-0.2, -0.15) is 0 Å². The van der Waals surface area contributed by atoms with E-state index in [2.05, 4.69) is 21.2 Å². The molecule has 0 bridgehead atoms. The van der Waals surface area contributed by atoms with Crippen LogP contribution in [0.2, 0.25) is 0 Å². The summed E-state index contributed by atoms with van der Waals surface area (Å²) < 4.78 is 20.6. The standard InChI is InChI=1S/C17H19BrFNO/c1-4-20-17(13-9-11(2)5-7-15(13)19)14-10-12(18)6-8-16(14)21-3/h5-10,17,20H,4H2,1-3H3. The van der Waals surface area contributed by atoms with Crippen molar-refractivity contribution in [3.05, 3.63) is 63.4 Å². The lowest BCUT2D eigenvalue weighted by Crippen LogP contribution is -2.23. The van der Waals surface area contributed by atoms with E-state index in [-0.39, 0.29) is 11.9 Å². The fourth-order valence-corrected chi connectivity index (χ4v) is 2.79. The summed E-state index contributed by atoms with van der Waals surface area (Å²) in [7, 11) is 1.63. The molecule has 0 amide bonds. The van der Waals surface area contributed by atoms with Gasteiger partial charge < -0.3 is 10.1 Å². The quantitative estimate of drug-likeness (QED) is 0.849. The third-order valence-corrected chi connectivity index (χ3v) is 3.87. The molecule has 2 rings (SSSR count). The van der Waals surface area contributed by atoms with E-state index in [9.17, 15) is 4.39 Å². The van der Waals surface area contributed by atoms with Gasteiger partial charge in [0.25, 0.3) is 0 Å². The molecule has 0 saturated heterocycles. The molecule has 4 heteroatoms. The van der Waals surface area contributed by atoms with Crippen LogP contribution in [0.25, 0.3) is 0 Å². The Kier molecular flexibility index (Phi) is 5.37. The zero-order valence-electron chi connectivity index (χ0n) is 12.4. The van der Waals surface area contributed by atoms with E-state index in [1.165, 1.54) is 6.07 Å². The SMILES string of the molecule is CCNC(c1cc(C)ccc1F)c1cc(Br)ccc1OC. The lowest BCUT2D eigenvalue weighted by atomic mass is 9.96. The summed E-state index contributed by atoms with van der Waals surface area (Å²) in [5.74, 6) is 0.527. The van der Waals surface area contributed by atoms with Crippen LogP contribution < -0.4 is 10.1 Å². The van der Waals surface area contributed by atoms with Crippen LogP contribution in [-0.4, -0.2) is 13.7 Å². The number of methoxy groups -OCH3 is 1. The molecule has 21 heavy (non-hydrogen) atoms. The summed E-state index contributed by atoms with van der Waals surface area (Å²) in [5.41, 5.74) is 2.58. The minimum Gasteiger partial charge on any atom is -0.496 e. The molecule has 0 radical (unpaired) electrons. The maximum atomic E-state index is 14.3. The molecule has 1 N–H and O–H groups in total. The molecule has 0 heterocycles. The number of nitrogens with one attached hydrogen (secondary N) is 1. The minimum absolute atomic E-state index is 0.214. The van der Waals surface area contributed by atoms with Gasteiger partial charge in [0.15, 0.2) is 0 Å². The molecular weight excluding hydrogens is 333 g/mol. The van der Waals surface area contributed by atoms with Gasteiger partial charge in [-0.05, 0) is 37.7 Å². The number of aryl methyl sites for hydroxylation is 1. The van der Waals surface area contributed by atoms with Crippen molar-refractivity contribution in [1.29, 1.82) is 0 Å². The van der Waals surface area contributed by atoms with Crippen LogP contribution in [0.1, 0.15) is 29.7 Å². The second-order valence-corrected chi connectivity index (χ2v) is 5.82. The fourth-order valence-electron chi connectivity index (χ4n) is 2.41. The molecule has 0 fully saturated rings. The smallest absolute Gasteiger partial charge is 0.128 e. The van der Waals surface area contributed by atoms with Crippen LogP contribution in [-0.2, 0) is 0 Å². The third-order valence-electron chi connectivity index (χ3n) is 3.37. The molecule has 2 aromatic rings. The Morgan fingerprint density at radius 2 is 1.95 bits per heavy atom. The maximum absolute atomic E-state index is 14.3. The number of benzene rings is 2. The first-order valence-corrected chi connectivity index (χ1v) is 7.69. The van der Waals surface area contributed by atoms with Crippen molar-refractivity contribution in [2.45, 2.75) is 19.9 Å². The Morgan fingerprint density at radius 3 is 2.62 bits per heavy atom. The summed E-state index contributed by atoms with van der Waals surface area (Å²) in [4.78, 5) is 0. The monoisotopic (exact) mass is 351 g/mol. The molecule has 0 saturated carbocycles. The second-order valence-electron chi connectivity index (χ2n) is 4.90. The van der Waals surface area contributed by atoms with Crippen molar-refractivity contribution in [3.63, 3.8) is 0 Å². The van der Waals surface area contributed by atoms with Gasteiger partial charge in [0, 0.05) is 15.6 Å². The first-order chi connectivity index (χ1) is 10.1. The molecule has 0 aromatic heterocycles. The maximum Gasteiger partial charge on any atom is 0.128 e. The number of hydrogen-bond acceptors (Lipinski definition) is 2. The molecule has 1 atom stereocenters. The predicted octanol–water partition coefficient (Wildman–Crippen LogP) is 4.60. The molecule has 112 valence electrons. The Hall–Kier alpha value is -1.39. The summed E-state index contributed by atoms with van der Waals surface area (Å²) >= 11 is 3.47. The highest BCUT2D eigenvalue weighted by molar-refractivity contribution is 9.10. The minimum atomic E-state index is -0.248. The zero-order chi connectivity index (χ0) is 15.4. The lowest BCUT2D eigenvalue weighted by Gasteiger charge is -2.22. The first kappa shape index (κ1) is 16.0. The van der Waals surface area contributed by atoms with Gasteiger partial charge >= 0.3 is 0 Å². The van der Waals surface area contributed by atoms with E-state index < -0.39 is 0 Å². The van der Waals surface area contributed by atoms with Gasteiger partial charge in [-0.15, -0.1) is 0 Å². The highest BCUT2D eigenvalue weighted by Gasteiger charge is 2.21. The Balaban J connectivity index is 2.58. The molecule has 0 aliphatic rings. The number of rotatable bonds is 5. The summed E-state index contributed by atoms with van der Waals surface area (Å²) in [6.45, 7) is 4.70. The van der Waals surface area contributed by atoms with Crippen molar-refractivity contribution >= 4 is 15.9 Å². The highest BCUT2D eigenvalue weighted by Crippen LogP contribution is 2.33. The Morgan fingerprint density at radius 1 is 1.19 bits per heavy atom. The number of ether oxygens (including phenoxy) is 1. The number of hydrogen-bond donors (Lipinski definition) is 1. The van der Waals surface area contributed by atoms with Gasteiger partial charge in [-0.1, -0.05) is 40.5 Å². The zero-order valence-corrected chi connectivity index (χ0v) is 14.0. The van der Waals surface area contributed by atoms with E-state index in [4.69, 9.17) is 4.74 Å². The van der Waals surface area contributed by atoms with Gasteiger partial charge in [0.1, 0.15) is 11.6 Å².